The van der Waals surface area contributed by atoms with Crippen molar-refractivity contribution in [2.45, 2.75) is 122 Å². The SMILES string of the molecule is CC[C@H](C)[C@@H]1NC(=O)[C@H](C)NC(=O)[C@@H]([C@H](C)O)NC(=O)[C@H](CCSC)NC(=O)[C@@H]2CCCN2C(=O)[C@H](Cc2ccc(O)cc2)NC(=O)CNC(=O)[C@H](C(C)C)NC1=O. The number of carbonyl (C=O) groups is 8. The van der Waals surface area contributed by atoms with Crippen LogP contribution in [0.4, 0.5) is 0 Å². The molecule has 9 atom stereocenters. The average Bonchev–Trinajstić information content (AvgIpc) is 3.68. The Hall–Kier alpha value is -4.91. The molecule has 1 aromatic carbocycles. The molecule has 2 aliphatic heterocycles. The van der Waals surface area contributed by atoms with E-state index in [0.29, 0.717) is 24.2 Å². The third-order valence-electron chi connectivity index (χ3n) is 10.4. The molecule has 0 unspecified atom stereocenters. The lowest BCUT2D eigenvalue weighted by Gasteiger charge is -2.31. The molecule has 19 heteroatoms. The number of phenols is 1. The van der Waals surface area contributed by atoms with E-state index in [1.165, 1.54) is 42.6 Å². The molecule has 0 radical (unpaired) electrons. The maximum Gasteiger partial charge on any atom is 0.246 e. The van der Waals surface area contributed by atoms with Gasteiger partial charge in [0.2, 0.25) is 47.3 Å². The first-order valence-corrected chi connectivity index (χ1v) is 21.1. The number of thioether (sulfide) groups is 1. The van der Waals surface area contributed by atoms with Gasteiger partial charge in [-0.3, -0.25) is 38.4 Å². The number of aliphatic hydroxyl groups is 1. The van der Waals surface area contributed by atoms with Gasteiger partial charge in [0.05, 0.1) is 12.6 Å². The molecule has 2 fully saturated rings. The van der Waals surface area contributed by atoms with E-state index in [2.05, 4.69) is 37.2 Å². The summed E-state index contributed by atoms with van der Waals surface area (Å²) in [6.07, 6.45) is 1.62. The van der Waals surface area contributed by atoms with Crippen LogP contribution in [0.2, 0.25) is 0 Å². The number of hydrogen-bond donors (Lipinski definition) is 9. The number of aromatic hydroxyl groups is 1. The van der Waals surface area contributed by atoms with Crippen LogP contribution in [0.3, 0.4) is 0 Å². The van der Waals surface area contributed by atoms with Crippen LogP contribution in [-0.2, 0) is 44.8 Å². The van der Waals surface area contributed by atoms with Gasteiger partial charge < -0.3 is 52.3 Å². The second kappa shape index (κ2) is 22.3. The van der Waals surface area contributed by atoms with E-state index in [1.807, 2.05) is 0 Å². The third kappa shape index (κ3) is 13.3. The van der Waals surface area contributed by atoms with Gasteiger partial charge in [-0.05, 0) is 74.7 Å². The number of amides is 8. The zero-order chi connectivity index (χ0) is 43.3. The first kappa shape index (κ1) is 47.5. The summed E-state index contributed by atoms with van der Waals surface area (Å²) < 4.78 is 0. The molecule has 58 heavy (non-hydrogen) atoms. The molecule has 8 amide bonds. The highest BCUT2D eigenvalue weighted by Gasteiger charge is 2.40. The van der Waals surface area contributed by atoms with E-state index in [0.717, 1.165) is 0 Å². The minimum atomic E-state index is -1.55. The Labute approximate surface area is 343 Å². The lowest BCUT2D eigenvalue weighted by molar-refractivity contribution is -0.142. The molecule has 322 valence electrons. The topological polar surface area (TPSA) is 264 Å². The smallest absolute Gasteiger partial charge is 0.246 e. The Bertz CT molecular complexity index is 1640. The highest BCUT2D eigenvalue weighted by molar-refractivity contribution is 7.98. The minimum Gasteiger partial charge on any atom is -0.508 e. The summed E-state index contributed by atoms with van der Waals surface area (Å²) in [6, 6.07) is -2.47. The molecule has 2 heterocycles. The average molecular weight is 833 g/mol. The number of benzene rings is 1. The molecule has 0 spiro atoms. The fraction of sp³-hybridized carbons (Fsp3) is 0.641. The van der Waals surface area contributed by atoms with E-state index in [9.17, 15) is 48.6 Å². The van der Waals surface area contributed by atoms with Crippen LogP contribution >= 0.6 is 11.8 Å². The van der Waals surface area contributed by atoms with E-state index >= 15 is 0 Å². The van der Waals surface area contributed by atoms with Gasteiger partial charge in [-0.25, -0.2) is 0 Å². The molecular formula is C39H60N8O10S. The summed E-state index contributed by atoms with van der Waals surface area (Å²) in [5.41, 5.74) is 0.583. The normalized spacial score (nSPS) is 27.5. The molecule has 18 nitrogen and oxygen atoms in total. The monoisotopic (exact) mass is 832 g/mol. The number of nitrogens with zero attached hydrogens (tertiary/aromatic N) is 1. The van der Waals surface area contributed by atoms with Crippen molar-refractivity contribution in [3.8, 4) is 5.75 Å². The van der Waals surface area contributed by atoms with E-state index in [1.54, 1.807) is 46.1 Å². The van der Waals surface area contributed by atoms with Crippen molar-refractivity contribution in [1.82, 2.24) is 42.1 Å². The third-order valence-corrected chi connectivity index (χ3v) is 11.0. The first-order chi connectivity index (χ1) is 27.4. The van der Waals surface area contributed by atoms with E-state index in [4.69, 9.17) is 0 Å². The number of fused-ring (bicyclic) bond motifs is 1. The predicted octanol–water partition coefficient (Wildman–Crippen LogP) is -1.18. The Morgan fingerprint density at radius 2 is 1.38 bits per heavy atom. The van der Waals surface area contributed by atoms with Crippen molar-refractivity contribution in [3.63, 3.8) is 0 Å². The van der Waals surface area contributed by atoms with Crippen molar-refractivity contribution in [2.75, 3.05) is 25.1 Å². The zero-order valence-electron chi connectivity index (χ0n) is 34.3. The summed E-state index contributed by atoms with van der Waals surface area (Å²) in [4.78, 5) is 111. The molecule has 2 aliphatic rings. The van der Waals surface area contributed by atoms with Gasteiger partial charge in [-0.2, -0.15) is 11.8 Å². The van der Waals surface area contributed by atoms with Gasteiger partial charge in [0.25, 0.3) is 0 Å². The highest BCUT2D eigenvalue weighted by atomic mass is 32.2. The largest absolute Gasteiger partial charge is 0.508 e. The van der Waals surface area contributed by atoms with Crippen LogP contribution < -0.4 is 37.2 Å². The van der Waals surface area contributed by atoms with Crippen molar-refractivity contribution >= 4 is 59.0 Å². The maximum atomic E-state index is 14.2. The van der Waals surface area contributed by atoms with Crippen LogP contribution in [-0.4, -0.2) is 136 Å². The number of rotatable bonds is 9. The Balaban J connectivity index is 2.04. The molecule has 1 aromatic rings. The van der Waals surface area contributed by atoms with Crippen molar-refractivity contribution in [2.24, 2.45) is 11.8 Å². The van der Waals surface area contributed by atoms with Crippen molar-refractivity contribution in [1.29, 1.82) is 0 Å². The molecule has 0 aliphatic carbocycles. The van der Waals surface area contributed by atoms with Crippen LogP contribution in [0.15, 0.2) is 24.3 Å². The van der Waals surface area contributed by atoms with Crippen LogP contribution in [0, 0.1) is 11.8 Å². The first-order valence-electron chi connectivity index (χ1n) is 19.7. The van der Waals surface area contributed by atoms with Crippen LogP contribution in [0.25, 0.3) is 0 Å². The highest BCUT2D eigenvalue weighted by Crippen LogP contribution is 2.21. The lowest BCUT2D eigenvalue weighted by Crippen LogP contribution is -2.62. The van der Waals surface area contributed by atoms with Gasteiger partial charge in [0, 0.05) is 13.0 Å². The summed E-state index contributed by atoms with van der Waals surface area (Å²) in [6.45, 7) is 9.15. The number of carbonyl (C=O) groups excluding carboxylic acids is 8. The molecule has 0 bridgehead atoms. The molecule has 9 N–H and O–H groups in total. The van der Waals surface area contributed by atoms with Crippen LogP contribution in [0.1, 0.15) is 72.8 Å². The van der Waals surface area contributed by atoms with Gasteiger partial charge >= 0.3 is 0 Å². The summed E-state index contributed by atoms with van der Waals surface area (Å²) >= 11 is 1.41. The van der Waals surface area contributed by atoms with Crippen molar-refractivity contribution in [3.05, 3.63) is 29.8 Å². The standard InChI is InChI=1S/C39H60N8O10S/c1-8-21(4)31-37(55)44-30(20(2)3)36(54)40-19-29(50)42-27(18-24-11-13-25(49)14-12-24)39(57)47-16-9-10-28(47)35(53)43-26(15-17-58-7)34(52)46-32(23(6)48)38(56)41-22(5)33(51)45-31/h11-14,20-23,26-28,30-32,48-49H,8-10,15-19H2,1-7H3,(H,40,54)(H,41,56)(H,42,50)(H,43,53)(H,44,55)(H,45,51)(H,46,52)/t21-,22-,23-,26-,27-,28-,30-,31-,32+/m0/s1. The van der Waals surface area contributed by atoms with Gasteiger partial charge in [0.1, 0.15) is 48.0 Å². The maximum absolute atomic E-state index is 14.2. The Morgan fingerprint density at radius 3 is 1.98 bits per heavy atom. The minimum absolute atomic E-state index is 0.00788. The number of phenolic OH excluding ortho intramolecular Hbond substituents is 1. The van der Waals surface area contributed by atoms with Gasteiger partial charge in [0.15, 0.2) is 0 Å². The fourth-order valence-electron chi connectivity index (χ4n) is 6.65. The molecular weight excluding hydrogens is 773 g/mol. The number of nitrogens with one attached hydrogen (secondary N) is 7. The predicted molar refractivity (Wildman–Crippen MR) is 216 cm³/mol. The fourth-order valence-corrected chi connectivity index (χ4v) is 7.12. The van der Waals surface area contributed by atoms with Crippen molar-refractivity contribution < 1.29 is 48.6 Å². The number of aliphatic hydroxyl groups excluding tert-OH is 1. The van der Waals surface area contributed by atoms with Gasteiger partial charge in [-0.1, -0.05) is 46.2 Å². The molecule has 0 saturated carbocycles. The molecule has 3 rings (SSSR count). The van der Waals surface area contributed by atoms with E-state index < -0.39 is 114 Å². The second-order valence-corrected chi connectivity index (χ2v) is 16.3. The summed E-state index contributed by atoms with van der Waals surface area (Å²) in [5, 5.41) is 38.7. The summed E-state index contributed by atoms with van der Waals surface area (Å²) in [7, 11) is 0. The molecule has 0 aromatic heterocycles. The number of hydrogen-bond acceptors (Lipinski definition) is 11. The van der Waals surface area contributed by atoms with Gasteiger partial charge in [-0.15, -0.1) is 0 Å². The lowest BCUT2D eigenvalue weighted by atomic mass is 9.96. The van der Waals surface area contributed by atoms with Crippen LogP contribution in [0.5, 0.6) is 5.75 Å². The summed E-state index contributed by atoms with van der Waals surface area (Å²) in [5.74, 6) is -6.22. The Morgan fingerprint density at radius 1 is 0.759 bits per heavy atom. The quantitative estimate of drug-likeness (QED) is 0.143. The zero-order valence-corrected chi connectivity index (χ0v) is 35.1. The van der Waals surface area contributed by atoms with E-state index in [-0.39, 0.29) is 31.6 Å². The molecule has 2 saturated heterocycles. The Kier molecular flexibility index (Phi) is 18.2. The second-order valence-electron chi connectivity index (χ2n) is 15.3.